The Labute approximate surface area is 120 Å². The maximum absolute atomic E-state index is 11.8. The Morgan fingerprint density at radius 3 is 2.45 bits per heavy atom. The summed E-state index contributed by atoms with van der Waals surface area (Å²) in [7, 11) is 0. The zero-order valence-corrected chi connectivity index (χ0v) is 12.5. The van der Waals surface area contributed by atoms with Gasteiger partial charge in [0.05, 0.1) is 0 Å². The van der Waals surface area contributed by atoms with Gasteiger partial charge in [0, 0.05) is 32.2 Å². The zero-order chi connectivity index (χ0) is 14.5. The number of rotatable bonds is 4. The molecule has 0 spiro atoms. The van der Waals surface area contributed by atoms with E-state index in [2.05, 4.69) is 32.2 Å². The molecule has 2 heterocycles. The number of anilines is 1. The van der Waals surface area contributed by atoms with Crippen molar-refractivity contribution in [2.24, 2.45) is 0 Å². The predicted octanol–water partition coefficient (Wildman–Crippen LogP) is 0.757. The Morgan fingerprint density at radius 2 is 1.95 bits per heavy atom. The lowest BCUT2D eigenvalue weighted by molar-refractivity contribution is 0.0937. The molecule has 20 heavy (non-hydrogen) atoms. The molecule has 0 aliphatic carbocycles. The number of hydrogen-bond donors (Lipinski definition) is 1. The highest BCUT2D eigenvalue weighted by atomic mass is 16.2. The zero-order valence-electron chi connectivity index (χ0n) is 12.5. The minimum atomic E-state index is -0.171. The molecule has 1 aliphatic heterocycles. The minimum absolute atomic E-state index is 0.103. The number of nitrogens with one attached hydrogen (secondary N) is 1. The third-order valence-electron chi connectivity index (χ3n) is 3.45. The summed E-state index contributed by atoms with van der Waals surface area (Å²) in [5, 5.41) is 11.0. The summed E-state index contributed by atoms with van der Waals surface area (Å²) < 4.78 is 0. The first kappa shape index (κ1) is 14.7. The highest BCUT2D eigenvalue weighted by Crippen LogP contribution is 2.12. The molecule has 0 saturated carbocycles. The maximum Gasteiger partial charge on any atom is 0.271 e. The molecule has 0 bridgehead atoms. The molecule has 1 aliphatic rings. The van der Waals surface area contributed by atoms with Crippen LogP contribution in [0.1, 0.15) is 31.3 Å². The van der Waals surface area contributed by atoms with Crippen LogP contribution in [0.5, 0.6) is 0 Å². The molecule has 2 rings (SSSR count). The molecular weight excluding hydrogens is 254 g/mol. The summed E-state index contributed by atoms with van der Waals surface area (Å²) in [5.74, 6) is 0.678. The van der Waals surface area contributed by atoms with Gasteiger partial charge in [-0.25, -0.2) is 0 Å². The van der Waals surface area contributed by atoms with E-state index in [9.17, 15) is 4.79 Å². The molecule has 1 amide bonds. The third-order valence-corrected chi connectivity index (χ3v) is 3.45. The maximum atomic E-state index is 11.8. The van der Waals surface area contributed by atoms with Crippen LogP contribution in [-0.2, 0) is 0 Å². The quantitative estimate of drug-likeness (QED) is 0.880. The lowest BCUT2D eigenvalue weighted by Gasteiger charge is -2.34. The number of piperazine rings is 1. The van der Waals surface area contributed by atoms with E-state index in [0.29, 0.717) is 5.69 Å². The van der Waals surface area contributed by atoms with E-state index >= 15 is 0 Å². The van der Waals surface area contributed by atoms with E-state index in [0.717, 1.165) is 38.5 Å². The van der Waals surface area contributed by atoms with Crippen LogP contribution in [0.15, 0.2) is 12.1 Å². The van der Waals surface area contributed by atoms with Crippen molar-refractivity contribution in [1.82, 2.24) is 20.4 Å². The van der Waals surface area contributed by atoms with Gasteiger partial charge in [-0.1, -0.05) is 6.92 Å². The first-order chi connectivity index (χ1) is 9.60. The predicted molar refractivity (Wildman–Crippen MR) is 79.0 cm³/mol. The minimum Gasteiger partial charge on any atom is -0.353 e. The van der Waals surface area contributed by atoms with Crippen LogP contribution in [0.4, 0.5) is 5.82 Å². The van der Waals surface area contributed by atoms with Crippen molar-refractivity contribution in [3.05, 3.63) is 17.8 Å². The van der Waals surface area contributed by atoms with Crippen LogP contribution in [0.3, 0.4) is 0 Å². The molecular formula is C14H23N5O. The molecule has 1 N–H and O–H groups in total. The number of nitrogens with zero attached hydrogens (tertiary/aromatic N) is 4. The van der Waals surface area contributed by atoms with Crippen LogP contribution in [0.25, 0.3) is 0 Å². The number of aromatic nitrogens is 2. The molecule has 1 aromatic heterocycles. The molecule has 0 radical (unpaired) electrons. The second kappa shape index (κ2) is 6.65. The van der Waals surface area contributed by atoms with Crippen molar-refractivity contribution in [2.75, 3.05) is 37.6 Å². The molecule has 0 atom stereocenters. The Bertz CT molecular complexity index is 437. The van der Waals surface area contributed by atoms with E-state index in [4.69, 9.17) is 0 Å². The van der Waals surface area contributed by atoms with Crippen LogP contribution in [-0.4, -0.2) is 59.8 Å². The number of carbonyl (C=O) groups is 1. The van der Waals surface area contributed by atoms with E-state index in [-0.39, 0.29) is 11.9 Å². The lowest BCUT2D eigenvalue weighted by atomic mass is 10.3. The van der Waals surface area contributed by atoms with Crippen molar-refractivity contribution < 1.29 is 4.79 Å². The van der Waals surface area contributed by atoms with Gasteiger partial charge >= 0.3 is 0 Å². The van der Waals surface area contributed by atoms with Crippen molar-refractivity contribution in [3.63, 3.8) is 0 Å². The van der Waals surface area contributed by atoms with Crippen LogP contribution in [0.2, 0.25) is 0 Å². The van der Waals surface area contributed by atoms with E-state index in [1.807, 2.05) is 19.9 Å². The van der Waals surface area contributed by atoms with Gasteiger partial charge in [0.25, 0.3) is 5.91 Å². The molecule has 1 saturated heterocycles. The summed E-state index contributed by atoms with van der Waals surface area (Å²) in [6, 6.07) is 3.72. The summed E-state index contributed by atoms with van der Waals surface area (Å²) in [5.41, 5.74) is 0.370. The summed E-state index contributed by atoms with van der Waals surface area (Å²) in [6.45, 7) is 11.1. The highest BCUT2D eigenvalue weighted by molar-refractivity contribution is 5.92. The van der Waals surface area contributed by atoms with Gasteiger partial charge < -0.3 is 15.1 Å². The average molecular weight is 277 g/mol. The highest BCUT2D eigenvalue weighted by Gasteiger charge is 2.17. The van der Waals surface area contributed by atoms with Gasteiger partial charge in [0.1, 0.15) is 0 Å². The number of amides is 1. The van der Waals surface area contributed by atoms with Gasteiger partial charge in [-0.3, -0.25) is 4.79 Å². The number of carbonyl (C=O) groups excluding carboxylic acids is 1. The third kappa shape index (κ3) is 3.66. The van der Waals surface area contributed by atoms with E-state index in [1.54, 1.807) is 6.07 Å². The Balaban J connectivity index is 1.96. The number of hydrogen-bond acceptors (Lipinski definition) is 5. The normalized spacial score (nSPS) is 16.5. The van der Waals surface area contributed by atoms with Crippen molar-refractivity contribution in [2.45, 2.75) is 26.8 Å². The molecule has 1 aromatic rings. The fraction of sp³-hybridized carbons (Fsp3) is 0.643. The SMILES string of the molecule is CCN1CCN(c2ccc(C(=O)NC(C)C)nn2)CC1. The first-order valence-corrected chi connectivity index (χ1v) is 7.22. The van der Waals surface area contributed by atoms with Crippen LogP contribution in [0, 0.1) is 0 Å². The first-order valence-electron chi connectivity index (χ1n) is 7.22. The monoisotopic (exact) mass is 277 g/mol. The van der Waals surface area contributed by atoms with Crippen LogP contribution >= 0.6 is 0 Å². The fourth-order valence-corrected chi connectivity index (χ4v) is 2.24. The lowest BCUT2D eigenvalue weighted by Crippen LogP contribution is -2.46. The molecule has 0 unspecified atom stereocenters. The van der Waals surface area contributed by atoms with E-state index < -0.39 is 0 Å². The summed E-state index contributed by atoms with van der Waals surface area (Å²) >= 11 is 0. The van der Waals surface area contributed by atoms with E-state index in [1.165, 1.54) is 0 Å². The topological polar surface area (TPSA) is 61.4 Å². The van der Waals surface area contributed by atoms with Gasteiger partial charge in [0.2, 0.25) is 0 Å². The molecule has 110 valence electrons. The fourth-order valence-electron chi connectivity index (χ4n) is 2.24. The van der Waals surface area contributed by atoms with Gasteiger partial charge in [-0.2, -0.15) is 0 Å². The van der Waals surface area contributed by atoms with Gasteiger partial charge in [-0.15, -0.1) is 10.2 Å². The summed E-state index contributed by atoms with van der Waals surface area (Å²) in [4.78, 5) is 16.4. The standard InChI is InChI=1S/C14H23N5O/c1-4-18-7-9-19(10-8-18)13-6-5-12(16-17-13)14(20)15-11(2)3/h5-6,11H,4,7-10H2,1-3H3,(H,15,20). The van der Waals surface area contributed by atoms with Gasteiger partial charge in [0.15, 0.2) is 11.5 Å². The Hall–Kier alpha value is -1.69. The average Bonchev–Trinajstić information content (AvgIpc) is 2.47. The van der Waals surface area contributed by atoms with Crippen molar-refractivity contribution in [1.29, 1.82) is 0 Å². The van der Waals surface area contributed by atoms with Crippen molar-refractivity contribution >= 4 is 11.7 Å². The van der Waals surface area contributed by atoms with Crippen molar-refractivity contribution in [3.8, 4) is 0 Å². The Kier molecular flexibility index (Phi) is 4.89. The summed E-state index contributed by atoms with van der Waals surface area (Å²) in [6.07, 6.45) is 0. The molecule has 6 nitrogen and oxygen atoms in total. The molecule has 1 fully saturated rings. The van der Waals surface area contributed by atoms with Gasteiger partial charge in [-0.05, 0) is 32.5 Å². The number of likely N-dealkylation sites (N-methyl/N-ethyl adjacent to an activating group) is 1. The second-order valence-electron chi connectivity index (χ2n) is 5.33. The smallest absolute Gasteiger partial charge is 0.271 e. The Morgan fingerprint density at radius 1 is 1.25 bits per heavy atom. The second-order valence-corrected chi connectivity index (χ2v) is 5.33. The van der Waals surface area contributed by atoms with Crippen LogP contribution < -0.4 is 10.2 Å². The molecule has 6 heteroatoms. The molecule has 0 aromatic carbocycles. The largest absolute Gasteiger partial charge is 0.353 e.